The van der Waals surface area contributed by atoms with Gasteiger partial charge in [-0.25, -0.2) is 13.8 Å². The van der Waals surface area contributed by atoms with E-state index in [9.17, 15) is 9.18 Å². The Balaban J connectivity index is 1.87. The van der Waals surface area contributed by atoms with Crippen LogP contribution in [0, 0.1) is 6.57 Å². The van der Waals surface area contributed by atoms with Crippen molar-refractivity contribution >= 4 is 22.8 Å². The van der Waals surface area contributed by atoms with E-state index in [2.05, 4.69) is 15.3 Å². The van der Waals surface area contributed by atoms with Gasteiger partial charge >= 0.3 is 0 Å². The summed E-state index contributed by atoms with van der Waals surface area (Å²) in [5, 5.41) is 7.50. The number of benzene rings is 1. The Morgan fingerprint density at radius 1 is 1.46 bits per heavy atom. The molecule has 1 aliphatic rings. The highest BCUT2D eigenvalue weighted by atomic mass is 19.1. The normalized spacial score (nSPS) is 21.5. The Kier molecular flexibility index (Phi) is 4.27. The Hall–Kier alpha value is -3.40. The van der Waals surface area contributed by atoms with Crippen molar-refractivity contribution in [3.63, 3.8) is 0 Å². The third kappa shape index (κ3) is 2.97. The number of fused-ring (bicyclic) bond motifs is 1. The quantitative estimate of drug-likeness (QED) is 0.664. The predicted octanol–water partition coefficient (Wildman–Crippen LogP) is 4.34. The lowest BCUT2D eigenvalue weighted by Crippen LogP contribution is -2.36. The number of hydrogen-bond donors (Lipinski definition) is 2. The van der Waals surface area contributed by atoms with Crippen molar-refractivity contribution < 1.29 is 9.18 Å². The highest BCUT2D eigenvalue weighted by molar-refractivity contribution is 6.02. The largest absolute Gasteiger partial charge is 0.377 e. The zero-order valence-electron chi connectivity index (χ0n) is 15.4. The molecule has 1 aromatic carbocycles. The summed E-state index contributed by atoms with van der Waals surface area (Å²) in [6.45, 7) is 8.96. The van der Waals surface area contributed by atoms with Crippen LogP contribution >= 0.6 is 0 Å². The standard InChI is InChI=1S/C21H20FN5O/c1-21(22)9-5-8-18(21)26-19-15(20(23)28)11-25-27-12-13(10-17(19)27)14-6-3-4-7-16(14)24-2/h3-4,6-7,10-12,18,26H,5,8-9H2,1H3,(H2,23,28)/t18-,21+/m1/s1. The molecule has 1 fully saturated rings. The van der Waals surface area contributed by atoms with E-state index in [4.69, 9.17) is 12.3 Å². The van der Waals surface area contributed by atoms with Crippen LogP contribution in [0.1, 0.15) is 36.5 Å². The molecule has 3 N–H and O–H groups in total. The van der Waals surface area contributed by atoms with Crippen molar-refractivity contribution in [3.8, 4) is 11.1 Å². The fraction of sp³-hybridized carbons (Fsp3) is 0.286. The summed E-state index contributed by atoms with van der Waals surface area (Å²) in [4.78, 5) is 15.5. The number of carbonyl (C=O) groups excluding carboxylic acids is 1. The summed E-state index contributed by atoms with van der Waals surface area (Å²) in [7, 11) is 0. The second-order valence-corrected chi connectivity index (χ2v) is 7.35. The molecule has 0 unspecified atom stereocenters. The first-order valence-corrected chi connectivity index (χ1v) is 9.14. The molecule has 7 heteroatoms. The number of alkyl halides is 1. The summed E-state index contributed by atoms with van der Waals surface area (Å²) in [5.41, 5.74) is 7.59. The van der Waals surface area contributed by atoms with Crippen LogP contribution in [-0.2, 0) is 0 Å². The van der Waals surface area contributed by atoms with E-state index in [1.54, 1.807) is 23.7 Å². The van der Waals surface area contributed by atoms with Crippen LogP contribution in [0.25, 0.3) is 21.5 Å². The monoisotopic (exact) mass is 377 g/mol. The molecular weight excluding hydrogens is 357 g/mol. The van der Waals surface area contributed by atoms with Crippen molar-refractivity contribution in [2.24, 2.45) is 5.73 Å². The van der Waals surface area contributed by atoms with Crippen molar-refractivity contribution in [1.82, 2.24) is 9.61 Å². The lowest BCUT2D eigenvalue weighted by atomic mass is 10.0. The van der Waals surface area contributed by atoms with E-state index in [0.717, 1.165) is 17.5 Å². The third-order valence-electron chi connectivity index (χ3n) is 5.44. The van der Waals surface area contributed by atoms with Gasteiger partial charge in [-0.05, 0) is 43.4 Å². The molecule has 1 aliphatic carbocycles. The van der Waals surface area contributed by atoms with E-state index in [1.807, 2.05) is 24.3 Å². The highest BCUT2D eigenvalue weighted by Crippen LogP contribution is 2.38. The number of amides is 1. The number of primary amides is 1. The number of nitrogens with zero attached hydrogens (tertiary/aromatic N) is 3. The molecule has 28 heavy (non-hydrogen) atoms. The number of para-hydroxylation sites is 1. The van der Waals surface area contributed by atoms with E-state index >= 15 is 0 Å². The third-order valence-corrected chi connectivity index (χ3v) is 5.44. The molecule has 0 bridgehead atoms. The van der Waals surface area contributed by atoms with E-state index in [0.29, 0.717) is 29.7 Å². The molecule has 6 nitrogen and oxygen atoms in total. The summed E-state index contributed by atoms with van der Waals surface area (Å²) in [6.07, 6.45) is 5.12. The molecule has 3 aromatic rings. The minimum Gasteiger partial charge on any atom is -0.377 e. The van der Waals surface area contributed by atoms with Crippen molar-refractivity contribution in [3.05, 3.63) is 59.7 Å². The molecule has 1 saturated carbocycles. The van der Waals surface area contributed by atoms with Gasteiger partial charge in [0.05, 0.1) is 35.6 Å². The molecule has 2 aromatic heterocycles. The van der Waals surface area contributed by atoms with Crippen LogP contribution in [0.2, 0.25) is 0 Å². The molecule has 2 heterocycles. The van der Waals surface area contributed by atoms with Crippen LogP contribution in [0.4, 0.5) is 15.8 Å². The summed E-state index contributed by atoms with van der Waals surface area (Å²) in [5.74, 6) is -0.625. The Morgan fingerprint density at radius 2 is 2.25 bits per heavy atom. The SMILES string of the molecule is [C-]#[N+]c1ccccc1-c1cc2c(N[C@@H]3CCC[C@]3(C)F)c(C(N)=O)cnn2c1. The Labute approximate surface area is 162 Å². The van der Waals surface area contributed by atoms with Gasteiger partial charge in [0.1, 0.15) is 5.67 Å². The lowest BCUT2D eigenvalue weighted by Gasteiger charge is -2.26. The highest BCUT2D eigenvalue weighted by Gasteiger charge is 2.39. The smallest absolute Gasteiger partial charge is 0.252 e. The maximum Gasteiger partial charge on any atom is 0.252 e. The topological polar surface area (TPSA) is 76.8 Å². The van der Waals surface area contributed by atoms with Gasteiger partial charge in [-0.2, -0.15) is 5.10 Å². The molecule has 1 amide bonds. The number of hydrogen-bond acceptors (Lipinski definition) is 3. The van der Waals surface area contributed by atoms with Gasteiger partial charge in [0.15, 0.2) is 5.69 Å². The van der Waals surface area contributed by atoms with Gasteiger partial charge in [0.25, 0.3) is 5.91 Å². The summed E-state index contributed by atoms with van der Waals surface area (Å²) in [6, 6.07) is 8.72. The number of aromatic nitrogens is 2. The van der Waals surface area contributed by atoms with Crippen molar-refractivity contribution in [1.29, 1.82) is 0 Å². The molecule has 0 saturated heterocycles. The van der Waals surface area contributed by atoms with E-state index in [-0.39, 0.29) is 5.56 Å². The molecule has 0 spiro atoms. The number of rotatable bonds is 4. The molecule has 2 atom stereocenters. The number of carbonyl (C=O) groups is 1. The van der Waals surface area contributed by atoms with Crippen LogP contribution in [0.15, 0.2) is 42.7 Å². The molecule has 4 rings (SSSR count). The molecular formula is C21H20FN5O. The van der Waals surface area contributed by atoms with Gasteiger partial charge in [-0.15, -0.1) is 0 Å². The maximum atomic E-state index is 14.8. The number of nitrogens with one attached hydrogen (secondary N) is 1. The first-order chi connectivity index (χ1) is 13.4. The van der Waals surface area contributed by atoms with Crippen LogP contribution in [0.3, 0.4) is 0 Å². The zero-order chi connectivity index (χ0) is 19.9. The van der Waals surface area contributed by atoms with Gasteiger partial charge in [-0.3, -0.25) is 4.79 Å². The van der Waals surface area contributed by atoms with Crippen molar-refractivity contribution in [2.75, 3.05) is 5.32 Å². The maximum absolute atomic E-state index is 14.8. The van der Waals surface area contributed by atoms with Gasteiger partial charge in [0.2, 0.25) is 0 Å². The zero-order valence-corrected chi connectivity index (χ0v) is 15.4. The van der Waals surface area contributed by atoms with Gasteiger partial charge < -0.3 is 11.1 Å². The second kappa shape index (κ2) is 6.64. The molecule has 142 valence electrons. The Morgan fingerprint density at radius 3 is 2.93 bits per heavy atom. The lowest BCUT2D eigenvalue weighted by molar-refractivity contribution is 0.1000. The number of halogens is 1. The molecule has 0 radical (unpaired) electrons. The minimum absolute atomic E-state index is 0.221. The van der Waals surface area contributed by atoms with E-state index < -0.39 is 17.6 Å². The average Bonchev–Trinajstić information content (AvgIpc) is 3.25. The first kappa shape index (κ1) is 18.0. The Bertz CT molecular complexity index is 1110. The molecule has 0 aliphatic heterocycles. The fourth-order valence-corrected chi connectivity index (χ4v) is 3.88. The van der Waals surface area contributed by atoms with Crippen LogP contribution in [0.5, 0.6) is 0 Å². The second-order valence-electron chi connectivity index (χ2n) is 7.35. The predicted molar refractivity (Wildman–Crippen MR) is 106 cm³/mol. The number of nitrogens with two attached hydrogens (primary N) is 1. The first-order valence-electron chi connectivity index (χ1n) is 9.14. The van der Waals surface area contributed by atoms with E-state index in [1.165, 1.54) is 6.20 Å². The van der Waals surface area contributed by atoms with Gasteiger partial charge in [-0.1, -0.05) is 24.3 Å². The number of anilines is 1. The minimum atomic E-state index is -1.36. The van der Waals surface area contributed by atoms with Gasteiger partial charge in [0, 0.05) is 6.20 Å². The van der Waals surface area contributed by atoms with Crippen molar-refractivity contribution in [2.45, 2.75) is 37.9 Å². The summed E-state index contributed by atoms with van der Waals surface area (Å²) >= 11 is 0. The summed E-state index contributed by atoms with van der Waals surface area (Å²) < 4.78 is 16.4. The van der Waals surface area contributed by atoms with Crippen LogP contribution in [-0.4, -0.2) is 27.2 Å². The van der Waals surface area contributed by atoms with Crippen LogP contribution < -0.4 is 11.1 Å². The average molecular weight is 377 g/mol. The fourth-order valence-electron chi connectivity index (χ4n) is 3.88.